The van der Waals surface area contributed by atoms with E-state index in [9.17, 15) is 8.78 Å². The molecule has 5 aromatic rings. The maximum absolute atomic E-state index is 13.5. The Labute approximate surface area is 236 Å². The fourth-order valence-corrected chi connectivity index (χ4v) is 5.87. The number of nitrogens with zero attached hydrogens (tertiary/aromatic N) is 5. The Morgan fingerprint density at radius 1 is 1.02 bits per heavy atom. The van der Waals surface area contributed by atoms with E-state index in [2.05, 4.69) is 33.0 Å². The standard InChI is InChI=1S/C31H32F2N6O2/c1-40-24-8-5-21(6-9-24)16-34-30-28-14-22(17-37-19-31(32,33)20-37)18-38(28)27-10-7-23(15-25(27)36-30)26-11-12-35-39(26)29-4-2-3-13-41-29/h5-12,14-15,18,29H,2-4,13,16-17,19-20H2,1H3,(H,34,36). The lowest BCUT2D eigenvalue weighted by Gasteiger charge is -2.38. The number of hydrogen-bond acceptors (Lipinski definition) is 6. The van der Waals surface area contributed by atoms with E-state index in [4.69, 9.17) is 14.5 Å². The summed E-state index contributed by atoms with van der Waals surface area (Å²) in [6.45, 7) is 1.37. The van der Waals surface area contributed by atoms with Gasteiger partial charge >= 0.3 is 0 Å². The van der Waals surface area contributed by atoms with E-state index >= 15 is 0 Å². The number of likely N-dealkylation sites (tertiary alicyclic amines) is 1. The zero-order valence-electron chi connectivity index (χ0n) is 22.9. The number of benzene rings is 2. The van der Waals surface area contributed by atoms with Gasteiger partial charge in [-0.05, 0) is 66.8 Å². The van der Waals surface area contributed by atoms with Crippen molar-refractivity contribution in [3.05, 3.63) is 78.1 Å². The molecule has 5 heterocycles. The van der Waals surface area contributed by atoms with Gasteiger partial charge in [-0.15, -0.1) is 0 Å². The summed E-state index contributed by atoms with van der Waals surface area (Å²) >= 11 is 0. The molecule has 0 radical (unpaired) electrons. The molecule has 7 rings (SSSR count). The molecule has 1 unspecified atom stereocenters. The molecule has 2 aliphatic heterocycles. The molecule has 41 heavy (non-hydrogen) atoms. The normalized spacial score (nSPS) is 19.0. The van der Waals surface area contributed by atoms with Crippen LogP contribution in [0.25, 0.3) is 27.8 Å². The van der Waals surface area contributed by atoms with E-state index in [0.717, 1.165) is 76.4 Å². The molecule has 2 saturated heterocycles. The smallest absolute Gasteiger partial charge is 0.272 e. The summed E-state index contributed by atoms with van der Waals surface area (Å²) in [4.78, 5) is 6.83. The van der Waals surface area contributed by atoms with Crippen LogP contribution >= 0.6 is 0 Å². The van der Waals surface area contributed by atoms with Crippen molar-refractivity contribution in [1.82, 2.24) is 24.1 Å². The molecule has 2 aliphatic rings. The monoisotopic (exact) mass is 558 g/mol. The van der Waals surface area contributed by atoms with E-state index < -0.39 is 5.92 Å². The van der Waals surface area contributed by atoms with E-state index in [1.165, 1.54) is 0 Å². The van der Waals surface area contributed by atoms with Crippen LogP contribution in [0.2, 0.25) is 0 Å². The summed E-state index contributed by atoms with van der Waals surface area (Å²) in [5, 5.41) is 8.10. The van der Waals surface area contributed by atoms with Gasteiger partial charge in [0.2, 0.25) is 0 Å². The van der Waals surface area contributed by atoms with Gasteiger partial charge in [0, 0.05) is 37.7 Å². The summed E-state index contributed by atoms with van der Waals surface area (Å²) in [7, 11) is 1.65. The number of ether oxygens (including phenoxy) is 2. The third-order valence-corrected chi connectivity index (χ3v) is 7.92. The van der Waals surface area contributed by atoms with Crippen molar-refractivity contribution in [2.45, 2.75) is 44.5 Å². The Kier molecular flexibility index (Phi) is 6.59. The van der Waals surface area contributed by atoms with E-state index in [1.807, 2.05) is 53.5 Å². The minimum atomic E-state index is -2.59. The summed E-state index contributed by atoms with van der Waals surface area (Å²) in [5.41, 5.74) is 6.72. The van der Waals surface area contributed by atoms with E-state index in [-0.39, 0.29) is 19.3 Å². The SMILES string of the molecule is COc1ccc(CNc2nc3cc(-c4ccnn4C4CCCCO4)ccc3n3cc(CN4CC(F)(F)C4)cc23)cc1. The molecule has 0 bridgehead atoms. The van der Waals surface area contributed by atoms with Gasteiger partial charge in [-0.1, -0.05) is 18.2 Å². The first-order chi connectivity index (χ1) is 20.0. The van der Waals surface area contributed by atoms with E-state index in [0.29, 0.717) is 13.1 Å². The predicted octanol–water partition coefficient (Wildman–Crippen LogP) is 6.12. The van der Waals surface area contributed by atoms with Gasteiger partial charge in [0.1, 0.15) is 5.75 Å². The van der Waals surface area contributed by atoms with Crippen LogP contribution in [-0.4, -0.2) is 56.8 Å². The maximum atomic E-state index is 13.5. The molecule has 10 heteroatoms. The number of anilines is 1. The number of nitrogens with one attached hydrogen (secondary N) is 1. The van der Waals surface area contributed by atoms with E-state index in [1.54, 1.807) is 12.0 Å². The second kappa shape index (κ2) is 10.4. The maximum Gasteiger partial charge on any atom is 0.272 e. The van der Waals surface area contributed by atoms with Crippen molar-refractivity contribution in [1.29, 1.82) is 0 Å². The van der Waals surface area contributed by atoms with Crippen LogP contribution < -0.4 is 10.1 Å². The van der Waals surface area contributed by atoms with Crippen LogP contribution in [0.15, 0.2) is 67.0 Å². The molecule has 2 aromatic carbocycles. The zero-order valence-corrected chi connectivity index (χ0v) is 22.9. The van der Waals surface area contributed by atoms with Gasteiger partial charge in [-0.3, -0.25) is 4.90 Å². The fraction of sp³-hybridized carbons (Fsp3) is 0.355. The Bertz CT molecular complexity index is 1680. The molecule has 8 nitrogen and oxygen atoms in total. The van der Waals surface area contributed by atoms with Crippen LogP contribution in [0.1, 0.15) is 36.6 Å². The number of aromatic nitrogens is 4. The first-order valence-corrected chi connectivity index (χ1v) is 14.0. The molecule has 0 saturated carbocycles. The van der Waals surface area contributed by atoms with Crippen molar-refractivity contribution in [2.75, 3.05) is 32.1 Å². The van der Waals surface area contributed by atoms with Crippen LogP contribution in [-0.2, 0) is 17.8 Å². The molecule has 212 valence electrons. The van der Waals surface area contributed by atoms with Gasteiger partial charge in [0.15, 0.2) is 12.0 Å². The number of rotatable bonds is 8. The zero-order chi connectivity index (χ0) is 28.0. The Hall–Kier alpha value is -4.02. The van der Waals surface area contributed by atoms with Gasteiger partial charge in [0.25, 0.3) is 5.92 Å². The third kappa shape index (κ3) is 5.13. The first kappa shape index (κ1) is 25.9. The van der Waals surface area contributed by atoms with Gasteiger partial charge in [-0.25, -0.2) is 18.4 Å². The van der Waals surface area contributed by atoms with Crippen molar-refractivity contribution in [2.24, 2.45) is 0 Å². The van der Waals surface area contributed by atoms with Crippen LogP contribution in [0.4, 0.5) is 14.6 Å². The highest BCUT2D eigenvalue weighted by atomic mass is 19.3. The lowest BCUT2D eigenvalue weighted by Crippen LogP contribution is -2.55. The fourth-order valence-electron chi connectivity index (χ4n) is 5.87. The van der Waals surface area contributed by atoms with Gasteiger partial charge < -0.3 is 19.2 Å². The second-order valence-corrected chi connectivity index (χ2v) is 11.0. The topological polar surface area (TPSA) is 68.8 Å². The minimum absolute atomic E-state index is 0.0671. The molecule has 3 aromatic heterocycles. The van der Waals surface area contributed by atoms with Crippen LogP contribution in [0.5, 0.6) is 5.75 Å². The number of fused-ring (bicyclic) bond motifs is 3. The highest BCUT2D eigenvalue weighted by Gasteiger charge is 2.43. The highest BCUT2D eigenvalue weighted by Crippen LogP contribution is 2.33. The summed E-state index contributed by atoms with van der Waals surface area (Å²) in [5.74, 6) is -1.06. The quantitative estimate of drug-likeness (QED) is 0.248. The molecule has 2 fully saturated rings. The number of halogens is 2. The minimum Gasteiger partial charge on any atom is -0.497 e. The number of alkyl halides is 2. The molecule has 0 spiro atoms. The molecular formula is C31H32F2N6O2. The highest BCUT2D eigenvalue weighted by molar-refractivity contribution is 5.88. The van der Waals surface area contributed by atoms with Crippen molar-refractivity contribution in [3.8, 4) is 17.0 Å². The predicted molar refractivity (Wildman–Crippen MR) is 153 cm³/mol. The average molecular weight is 559 g/mol. The molecular weight excluding hydrogens is 526 g/mol. The molecule has 0 amide bonds. The largest absolute Gasteiger partial charge is 0.497 e. The lowest BCUT2D eigenvalue weighted by atomic mass is 10.1. The van der Waals surface area contributed by atoms with Gasteiger partial charge in [0.05, 0.1) is 42.4 Å². The number of hydrogen-bond donors (Lipinski definition) is 1. The van der Waals surface area contributed by atoms with Crippen LogP contribution in [0, 0.1) is 0 Å². The van der Waals surface area contributed by atoms with Crippen molar-refractivity contribution >= 4 is 22.4 Å². The van der Waals surface area contributed by atoms with Crippen molar-refractivity contribution in [3.63, 3.8) is 0 Å². The Morgan fingerprint density at radius 2 is 1.88 bits per heavy atom. The summed E-state index contributed by atoms with van der Waals surface area (Å²) in [6.07, 6.45) is 6.92. The number of methoxy groups -OCH3 is 1. The molecule has 1 N–H and O–H groups in total. The first-order valence-electron chi connectivity index (χ1n) is 14.0. The second-order valence-electron chi connectivity index (χ2n) is 11.0. The molecule has 0 aliphatic carbocycles. The Balaban J connectivity index is 1.26. The summed E-state index contributed by atoms with van der Waals surface area (Å²) < 4.78 is 42.4. The Morgan fingerprint density at radius 3 is 2.63 bits per heavy atom. The molecule has 1 atom stereocenters. The summed E-state index contributed by atoms with van der Waals surface area (Å²) in [6, 6.07) is 18.2. The average Bonchev–Trinajstić information content (AvgIpc) is 3.63. The van der Waals surface area contributed by atoms with Gasteiger partial charge in [-0.2, -0.15) is 5.10 Å². The van der Waals surface area contributed by atoms with Crippen LogP contribution in [0.3, 0.4) is 0 Å². The van der Waals surface area contributed by atoms with Crippen molar-refractivity contribution < 1.29 is 18.3 Å². The third-order valence-electron chi connectivity index (χ3n) is 7.92. The lowest BCUT2D eigenvalue weighted by molar-refractivity contribution is -0.133.